The molecule has 150 valence electrons. The van der Waals surface area contributed by atoms with Crippen molar-refractivity contribution in [3.63, 3.8) is 0 Å². The predicted octanol–water partition coefficient (Wildman–Crippen LogP) is 8.52. The van der Waals surface area contributed by atoms with Crippen molar-refractivity contribution in [1.82, 2.24) is 0 Å². The third-order valence-electron chi connectivity index (χ3n) is 4.26. The number of hydrogen-bond donors (Lipinski definition) is 1. The Hall–Kier alpha value is -4.52. The molecule has 31 heavy (non-hydrogen) atoms. The number of hydrogen-bond acceptors (Lipinski definition) is 7. The average molecular weight is 405 g/mol. The second-order valence-electron chi connectivity index (χ2n) is 6.47. The molecule has 0 radical (unpaired) electrons. The minimum absolute atomic E-state index is 0.558. The third kappa shape index (κ3) is 5.30. The molecule has 0 saturated carbocycles. The van der Waals surface area contributed by atoms with Gasteiger partial charge < -0.3 is 5.73 Å². The molecule has 0 aliphatic carbocycles. The van der Waals surface area contributed by atoms with Gasteiger partial charge in [-0.05, 0) is 48.5 Å². The van der Waals surface area contributed by atoms with E-state index in [4.69, 9.17) is 5.73 Å². The van der Waals surface area contributed by atoms with Crippen molar-refractivity contribution in [2.24, 2.45) is 30.7 Å². The van der Waals surface area contributed by atoms with Gasteiger partial charge in [0.15, 0.2) is 0 Å². The Bertz CT molecular complexity index is 1250. The molecule has 4 rings (SSSR count). The van der Waals surface area contributed by atoms with Crippen LogP contribution in [0.5, 0.6) is 0 Å². The number of para-hydroxylation sites is 1. The SMILES string of the molecule is Nc1ccccc1N=Nc1ccccc1N=Nc1ccccc1N=Nc1ccccc1. The van der Waals surface area contributed by atoms with Crippen LogP contribution in [0.4, 0.5) is 39.8 Å². The van der Waals surface area contributed by atoms with E-state index in [0.717, 1.165) is 5.69 Å². The summed E-state index contributed by atoms with van der Waals surface area (Å²) in [6.07, 6.45) is 0. The van der Waals surface area contributed by atoms with Gasteiger partial charge in [0.1, 0.15) is 28.4 Å². The first-order valence-corrected chi connectivity index (χ1v) is 9.62. The summed E-state index contributed by atoms with van der Waals surface area (Å²) in [5.74, 6) is 0. The highest BCUT2D eigenvalue weighted by Crippen LogP contribution is 2.34. The summed E-state index contributed by atoms with van der Waals surface area (Å²) < 4.78 is 0. The maximum atomic E-state index is 5.93. The second-order valence-corrected chi connectivity index (χ2v) is 6.47. The van der Waals surface area contributed by atoms with Crippen molar-refractivity contribution in [1.29, 1.82) is 0 Å². The molecule has 7 nitrogen and oxygen atoms in total. The fourth-order valence-corrected chi connectivity index (χ4v) is 2.67. The van der Waals surface area contributed by atoms with Gasteiger partial charge >= 0.3 is 0 Å². The summed E-state index contributed by atoms with van der Waals surface area (Å²) in [4.78, 5) is 0. The van der Waals surface area contributed by atoms with Crippen LogP contribution in [0.3, 0.4) is 0 Å². The lowest BCUT2D eigenvalue weighted by Gasteiger charge is -2.01. The first-order chi connectivity index (χ1) is 15.3. The molecule has 0 bridgehead atoms. The quantitative estimate of drug-likeness (QED) is 0.252. The van der Waals surface area contributed by atoms with E-state index in [1.165, 1.54) is 0 Å². The van der Waals surface area contributed by atoms with Crippen molar-refractivity contribution in [2.45, 2.75) is 0 Å². The number of anilines is 1. The van der Waals surface area contributed by atoms with Crippen LogP contribution < -0.4 is 5.73 Å². The minimum atomic E-state index is 0.558. The number of benzene rings is 4. The summed E-state index contributed by atoms with van der Waals surface area (Å²) in [5, 5.41) is 25.8. The zero-order valence-corrected chi connectivity index (χ0v) is 16.6. The van der Waals surface area contributed by atoms with E-state index in [0.29, 0.717) is 34.1 Å². The number of nitrogen functional groups attached to an aromatic ring is 1. The van der Waals surface area contributed by atoms with E-state index in [1.807, 2.05) is 91.0 Å². The second kappa shape index (κ2) is 9.80. The number of nitrogens with zero attached hydrogens (tertiary/aromatic N) is 6. The molecule has 4 aromatic rings. The van der Waals surface area contributed by atoms with Gasteiger partial charge in [0.2, 0.25) is 0 Å². The highest BCUT2D eigenvalue weighted by atomic mass is 15.2. The molecule has 7 heteroatoms. The van der Waals surface area contributed by atoms with Crippen molar-refractivity contribution in [2.75, 3.05) is 5.73 Å². The fraction of sp³-hybridized carbons (Fsp3) is 0. The zero-order chi connectivity index (χ0) is 21.3. The van der Waals surface area contributed by atoms with E-state index in [2.05, 4.69) is 30.7 Å². The van der Waals surface area contributed by atoms with Crippen LogP contribution in [0.15, 0.2) is 134 Å². The molecule has 0 spiro atoms. The lowest BCUT2D eigenvalue weighted by molar-refractivity contribution is 1.17. The first kappa shape index (κ1) is 19.8. The fourth-order valence-electron chi connectivity index (χ4n) is 2.67. The molecule has 2 N–H and O–H groups in total. The highest BCUT2D eigenvalue weighted by Gasteiger charge is 2.03. The standard InChI is InChI=1S/C24H19N7/c25-19-12-4-5-13-20(19)27-29-23-16-8-9-17-24(23)31-30-22-15-7-6-14-21(22)28-26-18-10-2-1-3-11-18/h1-17H,25H2. The van der Waals surface area contributed by atoms with Gasteiger partial charge in [-0.25, -0.2) is 0 Å². The molecule has 0 heterocycles. The minimum Gasteiger partial charge on any atom is -0.397 e. The Kier molecular flexibility index (Phi) is 6.25. The maximum Gasteiger partial charge on any atom is 0.113 e. The summed E-state index contributed by atoms with van der Waals surface area (Å²) in [7, 11) is 0. The Morgan fingerprint density at radius 3 is 1.19 bits per heavy atom. The predicted molar refractivity (Wildman–Crippen MR) is 123 cm³/mol. The Morgan fingerprint density at radius 1 is 0.355 bits per heavy atom. The van der Waals surface area contributed by atoms with E-state index in [9.17, 15) is 0 Å². The van der Waals surface area contributed by atoms with Gasteiger partial charge in [0.05, 0.1) is 11.4 Å². The Balaban J connectivity index is 1.59. The summed E-state index contributed by atoms with van der Waals surface area (Å²) in [6.45, 7) is 0. The smallest absolute Gasteiger partial charge is 0.113 e. The van der Waals surface area contributed by atoms with Crippen molar-refractivity contribution < 1.29 is 0 Å². The van der Waals surface area contributed by atoms with Crippen molar-refractivity contribution in [3.8, 4) is 0 Å². The molecule has 0 aliphatic rings. The van der Waals surface area contributed by atoms with Gasteiger partial charge in [0.25, 0.3) is 0 Å². The molecule has 0 aromatic heterocycles. The summed E-state index contributed by atoms with van der Waals surface area (Å²) >= 11 is 0. The van der Waals surface area contributed by atoms with Crippen molar-refractivity contribution in [3.05, 3.63) is 103 Å². The van der Waals surface area contributed by atoms with E-state index < -0.39 is 0 Å². The topological polar surface area (TPSA) is 100 Å². The zero-order valence-electron chi connectivity index (χ0n) is 16.6. The van der Waals surface area contributed by atoms with Crippen molar-refractivity contribution >= 4 is 39.8 Å². The molecule has 0 fully saturated rings. The van der Waals surface area contributed by atoms with Gasteiger partial charge in [-0.1, -0.05) is 54.6 Å². The van der Waals surface area contributed by atoms with Gasteiger partial charge in [-0.3, -0.25) is 0 Å². The highest BCUT2D eigenvalue weighted by molar-refractivity contribution is 5.65. The lowest BCUT2D eigenvalue weighted by atomic mass is 10.3. The normalized spacial score (nSPS) is 11.6. The summed E-state index contributed by atoms with van der Waals surface area (Å²) in [5.41, 5.74) is 10.2. The van der Waals surface area contributed by atoms with Crippen LogP contribution in [0.1, 0.15) is 0 Å². The lowest BCUT2D eigenvalue weighted by Crippen LogP contribution is -1.82. The molecule has 0 amide bonds. The maximum absolute atomic E-state index is 5.93. The van der Waals surface area contributed by atoms with Crippen LogP contribution >= 0.6 is 0 Å². The van der Waals surface area contributed by atoms with Crippen LogP contribution in [-0.4, -0.2) is 0 Å². The molecular formula is C24H19N7. The van der Waals surface area contributed by atoms with E-state index in [-0.39, 0.29) is 0 Å². The molecule has 0 atom stereocenters. The van der Waals surface area contributed by atoms with Gasteiger partial charge in [0, 0.05) is 0 Å². The third-order valence-corrected chi connectivity index (χ3v) is 4.26. The molecule has 0 saturated heterocycles. The van der Waals surface area contributed by atoms with Crippen LogP contribution in [0, 0.1) is 0 Å². The molecule has 0 aliphatic heterocycles. The largest absolute Gasteiger partial charge is 0.397 e. The number of azo groups is 3. The van der Waals surface area contributed by atoms with Crippen LogP contribution in [0.25, 0.3) is 0 Å². The average Bonchev–Trinajstić information content (AvgIpc) is 2.82. The van der Waals surface area contributed by atoms with Gasteiger partial charge in [-0.2, -0.15) is 5.11 Å². The number of rotatable bonds is 6. The molecule has 4 aromatic carbocycles. The Morgan fingerprint density at radius 2 is 0.710 bits per heavy atom. The first-order valence-electron chi connectivity index (χ1n) is 9.62. The van der Waals surface area contributed by atoms with Gasteiger partial charge in [-0.15, -0.1) is 25.6 Å². The van der Waals surface area contributed by atoms with E-state index >= 15 is 0 Å². The molecular weight excluding hydrogens is 386 g/mol. The monoisotopic (exact) mass is 405 g/mol. The number of nitrogens with two attached hydrogens (primary N) is 1. The van der Waals surface area contributed by atoms with Crippen LogP contribution in [0.2, 0.25) is 0 Å². The Labute approximate surface area is 179 Å². The summed E-state index contributed by atoms with van der Waals surface area (Å²) in [6, 6.07) is 31.6. The van der Waals surface area contributed by atoms with E-state index in [1.54, 1.807) is 12.1 Å². The van der Waals surface area contributed by atoms with Crippen LogP contribution in [-0.2, 0) is 0 Å². The molecule has 0 unspecified atom stereocenters.